The molecule has 0 saturated heterocycles. The Kier molecular flexibility index (Phi) is 4.59. The van der Waals surface area contributed by atoms with E-state index < -0.39 is 6.10 Å². The molecule has 0 aromatic heterocycles. The summed E-state index contributed by atoms with van der Waals surface area (Å²) in [7, 11) is 1.96. The van der Waals surface area contributed by atoms with Gasteiger partial charge in [-0.15, -0.1) is 0 Å². The maximum absolute atomic E-state index is 9.84. The van der Waals surface area contributed by atoms with Gasteiger partial charge in [0.1, 0.15) is 0 Å². The van der Waals surface area contributed by atoms with Crippen LogP contribution in [0.25, 0.3) is 0 Å². The van der Waals surface area contributed by atoms with Crippen LogP contribution in [0.2, 0.25) is 0 Å². The van der Waals surface area contributed by atoms with Gasteiger partial charge in [-0.25, -0.2) is 0 Å². The summed E-state index contributed by atoms with van der Waals surface area (Å²) in [6.45, 7) is 2.06. The molecule has 0 spiro atoms. The van der Waals surface area contributed by atoms with Gasteiger partial charge < -0.3 is 15.7 Å². The van der Waals surface area contributed by atoms with Crippen LogP contribution in [0.4, 0.5) is 0 Å². The maximum atomic E-state index is 9.84. The molecular weight excluding hydrogens is 176 g/mol. The third-order valence-electron chi connectivity index (χ3n) is 2.18. The third-order valence-corrected chi connectivity index (χ3v) is 2.18. The number of hydrogen-bond donors (Lipinski definition) is 2. The topological polar surface area (TPSA) is 49.5 Å². The molecule has 0 aliphatic rings. The molecule has 3 heteroatoms. The Balaban J connectivity index is 2.46. The molecule has 1 atom stereocenters. The van der Waals surface area contributed by atoms with Crippen LogP contribution in [-0.4, -0.2) is 36.7 Å². The SMILES string of the molecule is CN(CCN)CC(O)c1ccccc1. The van der Waals surface area contributed by atoms with Crippen molar-refractivity contribution in [2.24, 2.45) is 5.73 Å². The lowest BCUT2D eigenvalue weighted by Gasteiger charge is -2.19. The van der Waals surface area contributed by atoms with Crippen molar-refractivity contribution in [3.8, 4) is 0 Å². The molecule has 78 valence electrons. The van der Waals surface area contributed by atoms with Crippen LogP contribution < -0.4 is 5.73 Å². The number of benzene rings is 1. The van der Waals surface area contributed by atoms with Gasteiger partial charge in [0.15, 0.2) is 0 Å². The number of nitrogens with two attached hydrogens (primary N) is 1. The fourth-order valence-electron chi connectivity index (χ4n) is 1.39. The molecule has 14 heavy (non-hydrogen) atoms. The van der Waals surface area contributed by atoms with Gasteiger partial charge in [-0.1, -0.05) is 30.3 Å². The van der Waals surface area contributed by atoms with E-state index in [9.17, 15) is 5.11 Å². The fourth-order valence-corrected chi connectivity index (χ4v) is 1.39. The Morgan fingerprint density at radius 1 is 1.36 bits per heavy atom. The highest BCUT2D eigenvalue weighted by molar-refractivity contribution is 5.17. The summed E-state index contributed by atoms with van der Waals surface area (Å²) >= 11 is 0. The minimum atomic E-state index is -0.423. The number of hydrogen-bond acceptors (Lipinski definition) is 3. The molecule has 0 heterocycles. The zero-order chi connectivity index (χ0) is 10.4. The average Bonchev–Trinajstić information content (AvgIpc) is 2.19. The van der Waals surface area contributed by atoms with Crippen molar-refractivity contribution < 1.29 is 5.11 Å². The second-order valence-corrected chi connectivity index (χ2v) is 3.48. The Morgan fingerprint density at radius 3 is 2.57 bits per heavy atom. The van der Waals surface area contributed by atoms with Gasteiger partial charge in [0, 0.05) is 19.6 Å². The predicted molar refractivity (Wildman–Crippen MR) is 58.0 cm³/mol. The smallest absolute Gasteiger partial charge is 0.0916 e. The molecular formula is C11H18N2O. The normalized spacial score (nSPS) is 13.1. The molecule has 0 saturated carbocycles. The molecule has 0 amide bonds. The first-order chi connectivity index (χ1) is 6.74. The highest BCUT2D eigenvalue weighted by Gasteiger charge is 2.08. The number of likely N-dealkylation sites (N-methyl/N-ethyl adjacent to an activating group) is 1. The van der Waals surface area contributed by atoms with Gasteiger partial charge >= 0.3 is 0 Å². The van der Waals surface area contributed by atoms with E-state index in [1.165, 1.54) is 0 Å². The van der Waals surface area contributed by atoms with Gasteiger partial charge in [0.2, 0.25) is 0 Å². The van der Waals surface area contributed by atoms with E-state index >= 15 is 0 Å². The first-order valence-corrected chi connectivity index (χ1v) is 4.85. The van der Waals surface area contributed by atoms with E-state index in [0.717, 1.165) is 12.1 Å². The molecule has 0 bridgehead atoms. The molecule has 0 radical (unpaired) electrons. The van der Waals surface area contributed by atoms with Crippen molar-refractivity contribution >= 4 is 0 Å². The predicted octanol–water partition coefficient (Wildman–Crippen LogP) is 0.611. The van der Waals surface area contributed by atoms with E-state index in [2.05, 4.69) is 0 Å². The monoisotopic (exact) mass is 194 g/mol. The van der Waals surface area contributed by atoms with Crippen LogP contribution in [0.15, 0.2) is 30.3 Å². The first kappa shape index (κ1) is 11.2. The summed E-state index contributed by atoms with van der Waals surface area (Å²) in [6, 6.07) is 9.67. The van der Waals surface area contributed by atoms with E-state index in [1.807, 2.05) is 42.3 Å². The summed E-state index contributed by atoms with van der Waals surface area (Å²) in [6.07, 6.45) is -0.423. The van der Waals surface area contributed by atoms with Crippen molar-refractivity contribution in [3.05, 3.63) is 35.9 Å². The number of aliphatic hydroxyl groups is 1. The van der Waals surface area contributed by atoms with Crippen molar-refractivity contribution in [2.75, 3.05) is 26.7 Å². The Bertz CT molecular complexity index is 251. The zero-order valence-corrected chi connectivity index (χ0v) is 8.56. The highest BCUT2D eigenvalue weighted by Crippen LogP contribution is 2.12. The van der Waals surface area contributed by atoms with Crippen LogP contribution in [0.1, 0.15) is 11.7 Å². The van der Waals surface area contributed by atoms with E-state index in [0.29, 0.717) is 13.1 Å². The minimum Gasteiger partial charge on any atom is -0.387 e. The third kappa shape index (κ3) is 3.46. The lowest BCUT2D eigenvalue weighted by Crippen LogP contribution is -2.29. The van der Waals surface area contributed by atoms with E-state index in [4.69, 9.17) is 5.73 Å². The van der Waals surface area contributed by atoms with Gasteiger partial charge in [-0.05, 0) is 12.6 Å². The van der Waals surface area contributed by atoms with Gasteiger partial charge in [-0.2, -0.15) is 0 Å². The molecule has 1 unspecified atom stereocenters. The number of aliphatic hydroxyl groups excluding tert-OH is 1. The minimum absolute atomic E-state index is 0.423. The van der Waals surface area contributed by atoms with Crippen molar-refractivity contribution in [2.45, 2.75) is 6.10 Å². The van der Waals surface area contributed by atoms with Crippen LogP contribution >= 0.6 is 0 Å². The quantitative estimate of drug-likeness (QED) is 0.722. The number of nitrogens with zero attached hydrogens (tertiary/aromatic N) is 1. The van der Waals surface area contributed by atoms with Gasteiger partial charge in [0.25, 0.3) is 0 Å². The maximum Gasteiger partial charge on any atom is 0.0916 e. The fraction of sp³-hybridized carbons (Fsp3) is 0.455. The van der Waals surface area contributed by atoms with E-state index in [-0.39, 0.29) is 0 Å². The lowest BCUT2D eigenvalue weighted by atomic mass is 10.1. The Hall–Kier alpha value is -0.900. The second-order valence-electron chi connectivity index (χ2n) is 3.48. The summed E-state index contributed by atoms with van der Waals surface area (Å²) in [5.41, 5.74) is 6.38. The summed E-state index contributed by atoms with van der Waals surface area (Å²) < 4.78 is 0. The standard InChI is InChI=1S/C11H18N2O/c1-13(8-7-12)9-11(14)10-5-3-2-4-6-10/h2-6,11,14H,7-9,12H2,1H3. The molecule has 3 N–H and O–H groups in total. The Morgan fingerprint density at radius 2 is 2.00 bits per heavy atom. The summed E-state index contributed by atoms with van der Waals surface area (Å²) in [5, 5.41) is 9.84. The molecule has 0 aliphatic carbocycles. The first-order valence-electron chi connectivity index (χ1n) is 4.85. The zero-order valence-electron chi connectivity index (χ0n) is 8.56. The van der Waals surface area contributed by atoms with Crippen molar-refractivity contribution in [3.63, 3.8) is 0 Å². The molecule has 0 aliphatic heterocycles. The average molecular weight is 194 g/mol. The van der Waals surface area contributed by atoms with E-state index in [1.54, 1.807) is 0 Å². The van der Waals surface area contributed by atoms with Crippen LogP contribution in [-0.2, 0) is 0 Å². The summed E-state index contributed by atoms with van der Waals surface area (Å²) in [4.78, 5) is 2.03. The van der Waals surface area contributed by atoms with Crippen LogP contribution in [0, 0.1) is 0 Å². The van der Waals surface area contributed by atoms with Crippen LogP contribution in [0.3, 0.4) is 0 Å². The lowest BCUT2D eigenvalue weighted by molar-refractivity contribution is 0.128. The molecule has 1 aromatic carbocycles. The van der Waals surface area contributed by atoms with Gasteiger partial charge in [-0.3, -0.25) is 0 Å². The second kappa shape index (κ2) is 5.75. The van der Waals surface area contributed by atoms with Crippen molar-refractivity contribution in [1.29, 1.82) is 0 Å². The summed E-state index contributed by atoms with van der Waals surface area (Å²) in [5.74, 6) is 0. The molecule has 1 aromatic rings. The van der Waals surface area contributed by atoms with Gasteiger partial charge in [0.05, 0.1) is 6.10 Å². The molecule has 3 nitrogen and oxygen atoms in total. The number of rotatable bonds is 5. The van der Waals surface area contributed by atoms with Crippen LogP contribution in [0.5, 0.6) is 0 Å². The Labute approximate surface area is 85.2 Å². The van der Waals surface area contributed by atoms with Crippen molar-refractivity contribution in [1.82, 2.24) is 4.90 Å². The highest BCUT2D eigenvalue weighted by atomic mass is 16.3. The largest absolute Gasteiger partial charge is 0.387 e. The molecule has 1 rings (SSSR count). The molecule has 0 fully saturated rings.